The molecular formula is C11H11NO5. The molecular weight excluding hydrogens is 226 g/mol. The molecule has 0 bridgehead atoms. The van der Waals surface area contributed by atoms with Crippen LogP contribution < -0.4 is 14.8 Å². The summed E-state index contributed by atoms with van der Waals surface area (Å²) in [6, 6.07) is 3.70. The van der Waals surface area contributed by atoms with Crippen molar-refractivity contribution >= 4 is 11.9 Å². The van der Waals surface area contributed by atoms with Crippen molar-refractivity contribution in [1.82, 2.24) is 5.32 Å². The van der Waals surface area contributed by atoms with Gasteiger partial charge in [-0.3, -0.25) is 4.79 Å². The molecule has 17 heavy (non-hydrogen) atoms. The standard InChI is InChI=1S/C11H11NO5/c1-16-6-2-3-9-7(4-6)10(13)12-8(5-17-9)11(14)15/h2-4,8H,5H2,1H3,(H,12,13)(H,14,15). The Morgan fingerprint density at radius 1 is 1.59 bits per heavy atom. The molecule has 0 spiro atoms. The number of nitrogens with one attached hydrogen (secondary N) is 1. The monoisotopic (exact) mass is 237 g/mol. The van der Waals surface area contributed by atoms with Crippen LogP contribution in [0, 0.1) is 0 Å². The molecule has 0 saturated carbocycles. The minimum Gasteiger partial charge on any atom is -0.497 e. The highest BCUT2D eigenvalue weighted by Gasteiger charge is 2.27. The fourth-order valence-corrected chi connectivity index (χ4v) is 1.52. The van der Waals surface area contributed by atoms with Crippen LogP contribution in [0.5, 0.6) is 11.5 Å². The van der Waals surface area contributed by atoms with Gasteiger partial charge in [0.05, 0.1) is 12.7 Å². The van der Waals surface area contributed by atoms with Crippen molar-refractivity contribution in [1.29, 1.82) is 0 Å². The van der Waals surface area contributed by atoms with Gasteiger partial charge in [0.15, 0.2) is 6.04 Å². The summed E-state index contributed by atoms with van der Waals surface area (Å²) in [5.74, 6) is -0.745. The number of benzene rings is 1. The third-order valence-electron chi connectivity index (χ3n) is 2.44. The van der Waals surface area contributed by atoms with E-state index in [0.717, 1.165) is 0 Å². The SMILES string of the molecule is COc1ccc2c(c1)C(=O)NC(C(=O)O)CO2. The molecule has 1 atom stereocenters. The number of carboxylic acid groups (broad SMARTS) is 1. The minimum absolute atomic E-state index is 0.0968. The van der Waals surface area contributed by atoms with Crippen LogP contribution in [-0.2, 0) is 4.79 Å². The van der Waals surface area contributed by atoms with Gasteiger partial charge in [-0.25, -0.2) is 4.79 Å². The van der Waals surface area contributed by atoms with E-state index < -0.39 is 17.9 Å². The lowest BCUT2D eigenvalue weighted by Crippen LogP contribution is -2.42. The van der Waals surface area contributed by atoms with Crippen LogP contribution in [0.3, 0.4) is 0 Å². The Balaban J connectivity index is 2.34. The first-order valence-electron chi connectivity index (χ1n) is 4.96. The van der Waals surface area contributed by atoms with Crippen LogP contribution in [0.15, 0.2) is 18.2 Å². The molecule has 1 aliphatic heterocycles. The zero-order valence-corrected chi connectivity index (χ0v) is 9.10. The Kier molecular flexibility index (Phi) is 2.86. The summed E-state index contributed by atoms with van der Waals surface area (Å²) in [6.07, 6.45) is 0. The number of ether oxygens (including phenoxy) is 2. The van der Waals surface area contributed by atoms with Gasteiger partial charge in [0.25, 0.3) is 5.91 Å². The molecule has 6 heteroatoms. The average Bonchev–Trinajstić information content (AvgIpc) is 2.49. The summed E-state index contributed by atoms with van der Waals surface area (Å²) in [7, 11) is 1.48. The van der Waals surface area contributed by atoms with Crippen molar-refractivity contribution in [2.45, 2.75) is 6.04 Å². The van der Waals surface area contributed by atoms with Gasteiger partial charge in [0, 0.05) is 0 Å². The Morgan fingerprint density at radius 3 is 3.00 bits per heavy atom. The van der Waals surface area contributed by atoms with E-state index in [-0.39, 0.29) is 12.2 Å². The van der Waals surface area contributed by atoms with Crippen molar-refractivity contribution in [2.24, 2.45) is 0 Å². The van der Waals surface area contributed by atoms with E-state index in [0.29, 0.717) is 11.5 Å². The first-order valence-corrected chi connectivity index (χ1v) is 4.96. The fourth-order valence-electron chi connectivity index (χ4n) is 1.52. The largest absolute Gasteiger partial charge is 0.497 e. The maximum atomic E-state index is 11.8. The molecule has 0 radical (unpaired) electrons. The van der Waals surface area contributed by atoms with Crippen LogP contribution >= 0.6 is 0 Å². The molecule has 1 heterocycles. The first-order chi connectivity index (χ1) is 8.11. The molecule has 2 N–H and O–H groups in total. The lowest BCUT2D eigenvalue weighted by atomic mass is 10.1. The van der Waals surface area contributed by atoms with Crippen LogP contribution in [-0.4, -0.2) is 36.7 Å². The van der Waals surface area contributed by atoms with E-state index in [1.807, 2.05) is 0 Å². The average molecular weight is 237 g/mol. The smallest absolute Gasteiger partial charge is 0.329 e. The van der Waals surface area contributed by atoms with E-state index in [2.05, 4.69) is 5.32 Å². The number of methoxy groups -OCH3 is 1. The molecule has 90 valence electrons. The highest BCUT2D eigenvalue weighted by atomic mass is 16.5. The van der Waals surface area contributed by atoms with Crippen molar-refractivity contribution in [2.75, 3.05) is 13.7 Å². The van der Waals surface area contributed by atoms with Crippen LogP contribution in [0.2, 0.25) is 0 Å². The minimum atomic E-state index is -1.13. The molecule has 2 rings (SSSR count). The van der Waals surface area contributed by atoms with Gasteiger partial charge in [0.1, 0.15) is 18.1 Å². The summed E-state index contributed by atoms with van der Waals surface area (Å²) in [4.78, 5) is 22.6. The number of rotatable bonds is 2. The second-order valence-corrected chi connectivity index (χ2v) is 3.54. The van der Waals surface area contributed by atoms with Crippen molar-refractivity contribution < 1.29 is 24.2 Å². The predicted molar refractivity (Wildman–Crippen MR) is 57.4 cm³/mol. The zero-order valence-electron chi connectivity index (χ0n) is 9.10. The lowest BCUT2D eigenvalue weighted by Gasteiger charge is -2.09. The summed E-state index contributed by atoms with van der Waals surface area (Å²) in [6.45, 7) is -0.0968. The Labute approximate surface area is 97.1 Å². The lowest BCUT2D eigenvalue weighted by molar-refractivity contribution is -0.139. The quantitative estimate of drug-likeness (QED) is 0.771. The Morgan fingerprint density at radius 2 is 2.35 bits per heavy atom. The normalized spacial score (nSPS) is 18.4. The Bertz CT molecular complexity index is 471. The number of amides is 1. The van der Waals surface area contributed by atoms with Gasteiger partial charge in [0.2, 0.25) is 0 Å². The molecule has 0 saturated heterocycles. The number of carbonyl (C=O) groups excluding carboxylic acids is 1. The third-order valence-corrected chi connectivity index (χ3v) is 2.44. The van der Waals surface area contributed by atoms with Crippen LogP contribution in [0.4, 0.5) is 0 Å². The second-order valence-electron chi connectivity index (χ2n) is 3.54. The van der Waals surface area contributed by atoms with Gasteiger partial charge in [-0.2, -0.15) is 0 Å². The van der Waals surface area contributed by atoms with Gasteiger partial charge < -0.3 is 19.9 Å². The van der Waals surface area contributed by atoms with E-state index in [1.54, 1.807) is 12.1 Å². The van der Waals surface area contributed by atoms with Crippen molar-refractivity contribution in [3.05, 3.63) is 23.8 Å². The first kappa shape index (κ1) is 11.3. The highest BCUT2D eigenvalue weighted by Crippen LogP contribution is 2.25. The van der Waals surface area contributed by atoms with Gasteiger partial charge in [-0.05, 0) is 18.2 Å². The van der Waals surface area contributed by atoms with Gasteiger partial charge >= 0.3 is 5.97 Å². The van der Waals surface area contributed by atoms with Crippen LogP contribution in [0.1, 0.15) is 10.4 Å². The third kappa shape index (κ3) is 2.15. The van der Waals surface area contributed by atoms with E-state index in [9.17, 15) is 9.59 Å². The van der Waals surface area contributed by atoms with Crippen molar-refractivity contribution in [3.63, 3.8) is 0 Å². The molecule has 6 nitrogen and oxygen atoms in total. The second kappa shape index (κ2) is 4.32. The number of carboxylic acids is 1. The van der Waals surface area contributed by atoms with E-state index in [1.165, 1.54) is 13.2 Å². The number of carbonyl (C=O) groups is 2. The highest BCUT2D eigenvalue weighted by molar-refractivity contribution is 5.99. The zero-order chi connectivity index (χ0) is 12.4. The maximum Gasteiger partial charge on any atom is 0.329 e. The number of hydrogen-bond acceptors (Lipinski definition) is 4. The number of fused-ring (bicyclic) bond motifs is 1. The molecule has 0 aromatic heterocycles. The molecule has 1 amide bonds. The summed E-state index contributed by atoms with van der Waals surface area (Å²) in [5, 5.41) is 11.2. The van der Waals surface area contributed by atoms with E-state index >= 15 is 0 Å². The Hall–Kier alpha value is -2.24. The van der Waals surface area contributed by atoms with Gasteiger partial charge in [-0.15, -0.1) is 0 Å². The molecule has 1 unspecified atom stereocenters. The van der Waals surface area contributed by atoms with E-state index in [4.69, 9.17) is 14.6 Å². The van der Waals surface area contributed by atoms with Crippen molar-refractivity contribution in [3.8, 4) is 11.5 Å². The van der Waals surface area contributed by atoms with Gasteiger partial charge in [-0.1, -0.05) is 0 Å². The topological polar surface area (TPSA) is 84.9 Å². The summed E-state index contributed by atoms with van der Waals surface area (Å²) >= 11 is 0. The molecule has 1 aromatic carbocycles. The van der Waals surface area contributed by atoms with Crippen LogP contribution in [0.25, 0.3) is 0 Å². The summed E-state index contributed by atoms with van der Waals surface area (Å²) in [5.41, 5.74) is 0.271. The molecule has 1 aromatic rings. The molecule has 0 aliphatic carbocycles. The summed E-state index contributed by atoms with van der Waals surface area (Å²) < 4.78 is 10.3. The maximum absolute atomic E-state index is 11.8. The predicted octanol–water partition coefficient (Wildman–Crippen LogP) is 0.271. The fraction of sp³-hybridized carbons (Fsp3) is 0.273. The number of hydrogen-bond donors (Lipinski definition) is 2. The molecule has 1 aliphatic rings. The number of aliphatic carboxylic acids is 1. The molecule has 0 fully saturated rings.